The molecule has 90 valence electrons. The van der Waals surface area contributed by atoms with Crippen molar-refractivity contribution in [2.75, 3.05) is 12.3 Å². The summed E-state index contributed by atoms with van der Waals surface area (Å²) in [5.41, 5.74) is 7.10. The van der Waals surface area contributed by atoms with Gasteiger partial charge in [-0.25, -0.2) is 19.3 Å². The monoisotopic (exact) mass is 237 g/mol. The van der Waals surface area contributed by atoms with Gasteiger partial charge in [-0.15, -0.1) is 0 Å². The summed E-state index contributed by atoms with van der Waals surface area (Å²) in [7, 11) is 0. The van der Waals surface area contributed by atoms with E-state index in [2.05, 4.69) is 15.0 Å². The molecule has 0 spiro atoms. The molecule has 0 radical (unpaired) electrons. The van der Waals surface area contributed by atoms with E-state index in [-0.39, 0.29) is 6.61 Å². The molecular formula is C10H12FN5O. The van der Waals surface area contributed by atoms with E-state index in [0.717, 1.165) is 0 Å². The quantitative estimate of drug-likeness (QED) is 0.814. The lowest BCUT2D eigenvalue weighted by Gasteiger charge is -2.04. The van der Waals surface area contributed by atoms with Gasteiger partial charge in [0, 0.05) is 6.54 Å². The Labute approximate surface area is 96.6 Å². The smallest absolute Gasteiger partial charge is 0.165 e. The number of hydrogen-bond donors (Lipinski definition) is 2. The second-order valence-electron chi connectivity index (χ2n) is 3.54. The normalized spacial score (nSPS) is 12.2. The molecule has 0 amide bonds. The minimum Gasteiger partial charge on any atom is -0.392 e. The summed E-state index contributed by atoms with van der Waals surface area (Å²) in [6.07, 6.45) is 3.74. The van der Waals surface area contributed by atoms with Crippen LogP contribution in [-0.2, 0) is 6.54 Å². The summed E-state index contributed by atoms with van der Waals surface area (Å²) in [6, 6.07) is 0. The molecule has 2 aromatic rings. The fourth-order valence-electron chi connectivity index (χ4n) is 1.49. The number of halogens is 1. The topological polar surface area (TPSA) is 89.9 Å². The highest BCUT2D eigenvalue weighted by molar-refractivity contribution is 5.81. The summed E-state index contributed by atoms with van der Waals surface area (Å²) < 4.78 is 14.0. The van der Waals surface area contributed by atoms with Crippen molar-refractivity contribution in [1.29, 1.82) is 0 Å². The van der Waals surface area contributed by atoms with Crippen molar-refractivity contribution in [3.05, 3.63) is 24.6 Å². The molecule has 0 aliphatic rings. The van der Waals surface area contributed by atoms with Gasteiger partial charge in [-0.05, 0) is 12.0 Å². The number of aryl methyl sites for hydroxylation is 1. The third-order valence-corrected chi connectivity index (χ3v) is 2.46. The van der Waals surface area contributed by atoms with Crippen LogP contribution in [0.25, 0.3) is 11.2 Å². The maximum Gasteiger partial charge on any atom is 0.165 e. The fourth-order valence-corrected chi connectivity index (χ4v) is 1.49. The lowest BCUT2D eigenvalue weighted by atomic mass is 10.2. The van der Waals surface area contributed by atoms with Crippen LogP contribution < -0.4 is 5.73 Å². The molecule has 6 nitrogen and oxygen atoms in total. The van der Waals surface area contributed by atoms with E-state index in [9.17, 15) is 4.39 Å². The molecular weight excluding hydrogens is 225 g/mol. The minimum atomic E-state index is -0.291. The van der Waals surface area contributed by atoms with Gasteiger partial charge in [0.2, 0.25) is 0 Å². The third-order valence-electron chi connectivity index (χ3n) is 2.46. The Morgan fingerprint density at radius 1 is 1.47 bits per heavy atom. The van der Waals surface area contributed by atoms with Gasteiger partial charge in [-0.1, -0.05) is 0 Å². The number of fused-ring (bicyclic) bond motifs is 1. The molecule has 0 fully saturated rings. The Balaban J connectivity index is 2.23. The van der Waals surface area contributed by atoms with E-state index >= 15 is 0 Å². The minimum absolute atomic E-state index is 0.291. The van der Waals surface area contributed by atoms with E-state index in [1.54, 1.807) is 10.9 Å². The van der Waals surface area contributed by atoms with Gasteiger partial charge >= 0.3 is 0 Å². The maximum absolute atomic E-state index is 12.3. The Morgan fingerprint density at radius 2 is 2.29 bits per heavy atom. The van der Waals surface area contributed by atoms with Crippen LogP contribution in [-0.4, -0.2) is 31.2 Å². The Kier molecular flexibility index (Phi) is 3.29. The lowest BCUT2D eigenvalue weighted by Crippen LogP contribution is -2.02. The molecule has 0 saturated heterocycles. The second-order valence-corrected chi connectivity index (χ2v) is 3.54. The first kappa shape index (κ1) is 11.5. The zero-order chi connectivity index (χ0) is 12.3. The number of nitrogens with zero attached hydrogens (tertiary/aromatic N) is 4. The van der Waals surface area contributed by atoms with Gasteiger partial charge in [0.15, 0.2) is 11.5 Å². The number of imidazole rings is 1. The first-order valence-electron chi connectivity index (χ1n) is 5.06. The van der Waals surface area contributed by atoms with Crippen LogP contribution in [0.2, 0.25) is 0 Å². The molecule has 0 aromatic carbocycles. The number of rotatable bonds is 4. The van der Waals surface area contributed by atoms with Crippen molar-refractivity contribution in [2.24, 2.45) is 0 Å². The summed E-state index contributed by atoms with van der Waals surface area (Å²) in [4.78, 5) is 12.0. The van der Waals surface area contributed by atoms with Gasteiger partial charge in [-0.2, -0.15) is 0 Å². The Bertz CT molecular complexity index is 551. The molecule has 7 heteroatoms. The highest BCUT2D eigenvalue weighted by atomic mass is 19.1. The summed E-state index contributed by atoms with van der Waals surface area (Å²) in [5, 5.41) is 8.83. The SMILES string of the molecule is Nc1ncnc2c1ncn2CCC(=CF)CO. The Morgan fingerprint density at radius 3 is 3.00 bits per heavy atom. The van der Waals surface area contributed by atoms with Crippen LogP contribution in [0.15, 0.2) is 24.6 Å². The molecule has 2 rings (SSSR count). The summed E-state index contributed by atoms with van der Waals surface area (Å²) in [6.45, 7) is 0.184. The van der Waals surface area contributed by atoms with Crippen LogP contribution in [0.4, 0.5) is 10.2 Å². The number of aliphatic hydroxyl groups is 1. The zero-order valence-corrected chi connectivity index (χ0v) is 9.04. The first-order valence-corrected chi connectivity index (χ1v) is 5.06. The molecule has 3 N–H and O–H groups in total. The van der Waals surface area contributed by atoms with Gasteiger partial charge in [0.1, 0.15) is 11.8 Å². The van der Waals surface area contributed by atoms with Crippen molar-refractivity contribution < 1.29 is 9.50 Å². The average molecular weight is 237 g/mol. The predicted octanol–water partition coefficient (Wildman–Crippen LogP) is 0.644. The van der Waals surface area contributed by atoms with Crippen LogP contribution in [0, 0.1) is 0 Å². The maximum atomic E-state index is 12.3. The van der Waals surface area contributed by atoms with Crippen molar-refractivity contribution in [1.82, 2.24) is 19.5 Å². The van der Waals surface area contributed by atoms with Gasteiger partial charge in [0.25, 0.3) is 0 Å². The van der Waals surface area contributed by atoms with E-state index in [1.165, 1.54) is 6.33 Å². The average Bonchev–Trinajstić information content (AvgIpc) is 2.75. The molecule has 0 atom stereocenters. The predicted molar refractivity (Wildman–Crippen MR) is 60.6 cm³/mol. The van der Waals surface area contributed by atoms with E-state index < -0.39 is 0 Å². The van der Waals surface area contributed by atoms with Crippen LogP contribution in [0.5, 0.6) is 0 Å². The number of anilines is 1. The van der Waals surface area contributed by atoms with E-state index in [0.29, 0.717) is 41.9 Å². The molecule has 0 saturated carbocycles. The molecule has 2 aromatic heterocycles. The van der Waals surface area contributed by atoms with Gasteiger partial charge < -0.3 is 15.4 Å². The number of nitrogen functional groups attached to an aromatic ring is 1. The van der Waals surface area contributed by atoms with Gasteiger partial charge in [-0.3, -0.25) is 0 Å². The van der Waals surface area contributed by atoms with E-state index in [1.807, 2.05) is 0 Å². The van der Waals surface area contributed by atoms with Crippen molar-refractivity contribution in [3.63, 3.8) is 0 Å². The highest BCUT2D eigenvalue weighted by Crippen LogP contribution is 2.15. The first-order chi connectivity index (χ1) is 8.26. The molecule has 0 aliphatic carbocycles. The lowest BCUT2D eigenvalue weighted by molar-refractivity contribution is 0.322. The van der Waals surface area contributed by atoms with Crippen LogP contribution in [0.3, 0.4) is 0 Å². The van der Waals surface area contributed by atoms with E-state index in [4.69, 9.17) is 10.8 Å². The van der Waals surface area contributed by atoms with Crippen molar-refractivity contribution in [3.8, 4) is 0 Å². The molecule has 0 aliphatic heterocycles. The zero-order valence-electron chi connectivity index (χ0n) is 9.04. The molecule has 0 bridgehead atoms. The third kappa shape index (κ3) is 2.23. The molecule has 0 unspecified atom stereocenters. The molecule has 2 heterocycles. The fraction of sp³-hybridized carbons (Fsp3) is 0.300. The number of hydrogen-bond acceptors (Lipinski definition) is 5. The summed E-state index contributed by atoms with van der Waals surface area (Å²) >= 11 is 0. The largest absolute Gasteiger partial charge is 0.392 e. The standard InChI is InChI=1S/C10H12FN5O/c11-3-7(4-17)1-2-16-6-15-8-9(12)13-5-14-10(8)16/h3,5-6,17H,1-2,4H2,(H2,12,13,14). The van der Waals surface area contributed by atoms with Gasteiger partial charge in [0.05, 0.1) is 19.3 Å². The Hall–Kier alpha value is -2.02. The number of aromatic nitrogens is 4. The highest BCUT2D eigenvalue weighted by Gasteiger charge is 2.07. The van der Waals surface area contributed by atoms with Crippen LogP contribution in [0.1, 0.15) is 6.42 Å². The van der Waals surface area contributed by atoms with Crippen molar-refractivity contribution >= 4 is 17.0 Å². The summed E-state index contributed by atoms with van der Waals surface area (Å²) in [5.74, 6) is 0.317. The van der Waals surface area contributed by atoms with Crippen LogP contribution >= 0.6 is 0 Å². The number of nitrogens with two attached hydrogens (primary N) is 1. The molecule has 17 heavy (non-hydrogen) atoms. The number of aliphatic hydroxyl groups excluding tert-OH is 1. The second kappa shape index (κ2) is 4.88. The van der Waals surface area contributed by atoms with Crippen molar-refractivity contribution in [2.45, 2.75) is 13.0 Å².